The third-order valence-electron chi connectivity index (χ3n) is 4.47. The quantitative estimate of drug-likeness (QED) is 0.836. The van der Waals surface area contributed by atoms with Gasteiger partial charge in [0.1, 0.15) is 11.5 Å². The number of rotatable bonds is 7. The van der Waals surface area contributed by atoms with Crippen molar-refractivity contribution in [3.63, 3.8) is 0 Å². The highest BCUT2D eigenvalue weighted by Crippen LogP contribution is 2.27. The van der Waals surface area contributed by atoms with Gasteiger partial charge in [0.05, 0.1) is 14.2 Å². The summed E-state index contributed by atoms with van der Waals surface area (Å²) in [4.78, 5) is 12.0. The van der Waals surface area contributed by atoms with Gasteiger partial charge in [-0.25, -0.2) is 0 Å². The van der Waals surface area contributed by atoms with Crippen molar-refractivity contribution in [2.75, 3.05) is 14.2 Å². The van der Waals surface area contributed by atoms with Crippen LogP contribution in [0.5, 0.6) is 11.5 Å². The lowest BCUT2D eigenvalue weighted by atomic mass is 9.86. The zero-order valence-corrected chi connectivity index (χ0v) is 13.7. The van der Waals surface area contributed by atoms with E-state index in [2.05, 4.69) is 5.32 Å². The molecule has 1 aliphatic carbocycles. The SMILES string of the molecule is COc1ccc(OC)c(CNC(=O)CCC2CCCCC2)c1. The van der Waals surface area contributed by atoms with Crippen LogP contribution in [-0.2, 0) is 11.3 Å². The molecule has 0 atom stereocenters. The van der Waals surface area contributed by atoms with Crippen LogP contribution in [0.4, 0.5) is 0 Å². The average Bonchev–Trinajstić information content (AvgIpc) is 2.58. The first-order valence-electron chi connectivity index (χ1n) is 8.20. The minimum atomic E-state index is 0.121. The minimum Gasteiger partial charge on any atom is -0.497 e. The Morgan fingerprint density at radius 3 is 2.64 bits per heavy atom. The van der Waals surface area contributed by atoms with Crippen molar-refractivity contribution in [1.29, 1.82) is 0 Å². The van der Waals surface area contributed by atoms with Crippen molar-refractivity contribution < 1.29 is 14.3 Å². The number of benzene rings is 1. The van der Waals surface area contributed by atoms with E-state index in [0.29, 0.717) is 13.0 Å². The fourth-order valence-corrected chi connectivity index (χ4v) is 3.11. The molecule has 0 heterocycles. The predicted molar refractivity (Wildman–Crippen MR) is 87.2 cm³/mol. The number of methoxy groups -OCH3 is 2. The van der Waals surface area contributed by atoms with Crippen LogP contribution < -0.4 is 14.8 Å². The molecule has 1 amide bonds. The Balaban J connectivity index is 1.80. The highest BCUT2D eigenvalue weighted by atomic mass is 16.5. The third kappa shape index (κ3) is 4.93. The van der Waals surface area contributed by atoms with Gasteiger partial charge in [-0.2, -0.15) is 0 Å². The van der Waals surface area contributed by atoms with Crippen LogP contribution in [0.2, 0.25) is 0 Å². The maximum atomic E-state index is 12.0. The monoisotopic (exact) mass is 305 g/mol. The molecule has 0 aromatic heterocycles. The van der Waals surface area contributed by atoms with E-state index in [4.69, 9.17) is 9.47 Å². The summed E-state index contributed by atoms with van der Waals surface area (Å²) in [6.45, 7) is 0.476. The van der Waals surface area contributed by atoms with E-state index in [1.165, 1.54) is 32.1 Å². The van der Waals surface area contributed by atoms with E-state index < -0.39 is 0 Å². The number of carbonyl (C=O) groups is 1. The summed E-state index contributed by atoms with van der Waals surface area (Å²) in [5.41, 5.74) is 0.938. The second-order valence-electron chi connectivity index (χ2n) is 6.00. The first-order valence-corrected chi connectivity index (χ1v) is 8.20. The first kappa shape index (κ1) is 16.7. The maximum absolute atomic E-state index is 12.0. The van der Waals surface area contributed by atoms with Crippen LogP contribution in [0.3, 0.4) is 0 Å². The molecule has 1 aliphatic rings. The van der Waals surface area contributed by atoms with Gasteiger partial charge in [0.25, 0.3) is 0 Å². The van der Waals surface area contributed by atoms with Crippen molar-refractivity contribution >= 4 is 5.91 Å². The number of carbonyl (C=O) groups excluding carboxylic acids is 1. The number of hydrogen-bond acceptors (Lipinski definition) is 3. The smallest absolute Gasteiger partial charge is 0.220 e. The van der Waals surface area contributed by atoms with Crippen LogP contribution >= 0.6 is 0 Å². The molecular formula is C18H27NO3. The van der Waals surface area contributed by atoms with Crippen molar-refractivity contribution in [3.05, 3.63) is 23.8 Å². The maximum Gasteiger partial charge on any atom is 0.220 e. The van der Waals surface area contributed by atoms with E-state index in [9.17, 15) is 4.79 Å². The fraction of sp³-hybridized carbons (Fsp3) is 0.611. The largest absolute Gasteiger partial charge is 0.497 e. The summed E-state index contributed by atoms with van der Waals surface area (Å²) in [5.74, 6) is 2.40. The zero-order valence-electron chi connectivity index (χ0n) is 13.7. The molecule has 0 radical (unpaired) electrons. The van der Waals surface area contributed by atoms with Gasteiger partial charge in [-0.15, -0.1) is 0 Å². The van der Waals surface area contributed by atoms with E-state index in [1.807, 2.05) is 18.2 Å². The Labute approximate surface area is 133 Å². The van der Waals surface area contributed by atoms with Gasteiger partial charge in [-0.1, -0.05) is 32.1 Å². The highest BCUT2D eigenvalue weighted by molar-refractivity contribution is 5.75. The molecule has 1 aromatic carbocycles. The lowest BCUT2D eigenvalue weighted by molar-refractivity contribution is -0.121. The number of hydrogen-bond donors (Lipinski definition) is 1. The molecule has 0 unspecified atom stereocenters. The lowest BCUT2D eigenvalue weighted by Crippen LogP contribution is -2.23. The second kappa shape index (κ2) is 8.66. The topological polar surface area (TPSA) is 47.6 Å². The molecule has 122 valence electrons. The molecule has 1 aromatic rings. The summed E-state index contributed by atoms with van der Waals surface area (Å²) in [6.07, 6.45) is 8.23. The van der Waals surface area contributed by atoms with Gasteiger partial charge in [-0.3, -0.25) is 4.79 Å². The van der Waals surface area contributed by atoms with Crippen LogP contribution in [0, 0.1) is 5.92 Å². The molecule has 0 saturated heterocycles. The summed E-state index contributed by atoms with van der Waals surface area (Å²) >= 11 is 0. The van der Waals surface area contributed by atoms with Gasteiger partial charge in [-0.05, 0) is 30.5 Å². The average molecular weight is 305 g/mol. The molecule has 1 N–H and O–H groups in total. The summed E-state index contributed by atoms with van der Waals surface area (Å²) < 4.78 is 10.5. The van der Waals surface area contributed by atoms with Gasteiger partial charge < -0.3 is 14.8 Å². The van der Waals surface area contributed by atoms with E-state index in [0.717, 1.165) is 29.4 Å². The van der Waals surface area contributed by atoms with Gasteiger partial charge >= 0.3 is 0 Å². The van der Waals surface area contributed by atoms with Crippen LogP contribution in [0.1, 0.15) is 50.5 Å². The predicted octanol–water partition coefficient (Wildman–Crippen LogP) is 3.68. The zero-order chi connectivity index (χ0) is 15.8. The van der Waals surface area contributed by atoms with Crippen LogP contribution in [-0.4, -0.2) is 20.1 Å². The van der Waals surface area contributed by atoms with Crippen molar-refractivity contribution in [2.24, 2.45) is 5.92 Å². The van der Waals surface area contributed by atoms with Gasteiger partial charge in [0.15, 0.2) is 0 Å². The molecule has 0 bridgehead atoms. The number of nitrogens with one attached hydrogen (secondary N) is 1. The van der Waals surface area contributed by atoms with Crippen molar-refractivity contribution in [2.45, 2.75) is 51.5 Å². The van der Waals surface area contributed by atoms with E-state index >= 15 is 0 Å². The van der Waals surface area contributed by atoms with Crippen LogP contribution in [0.15, 0.2) is 18.2 Å². The van der Waals surface area contributed by atoms with E-state index in [1.54, 1.807) is 14.2 Å². The Morgan fingerprint density at radius 2 is 1.95 bits per heavy atom. The molecule has 0 spiro atoms. The number of amides is 1. The molecule has 1 fully saturated rings. The Hall–Kier alpha value is -1.71. The number of ether oxygens (including phenoxy) is 2. The Morgan fingerprint density at radius 1 is 1.18 bits per heavy atom. The first-order chi connectivity index (χ1) is 10.7. The molecule has 2 rings (SSSR count). The summed E-state index contributed by atoms with van der Waals surface area (Å²) in [5, 5.41) is 2.99. The van der Waals surface area contributed by atoms with Crippen molar-refractivity contribution in [3.8, 4) is 11.5 Å². The normalized spacial score (nSPS) is 15.4. The standard InChI is InChI=1S/C18H27NO3/c1-21-16-9-10-17(22-2)15(12-16)13-19-18(20)11-8-14-6-4-3-5-7-14/h9-10,12,14H,3-8,11,13H2,1-2H3,(H,19,20). The van der Waals surface area contributed by atoms with Crippen molar-refractivity contribution in [1.82, 2.24) is 5.32 Å². The highest BCUT2D eigenvalue weighted by Gasteiger charge is 2.15. The summed E-state index contributed by atoms with van der Waals surface area (Å²) in [7, 11) is 3.27. The van der Waals surface area contributed by atoms with Gasteiger partial charge in [0.2, 0.25) is 5.91 Å². The Kier molecular flexibility index (Phi) is 6.56. The minimum absolute atomic E-state index is 0.121. The molecule has 4 nitrogen and oxygen atoms in total. The molecule has 1 saturated carbocycles. The lowest BCUT2D eigenvalue weighted by Gasteiger charge is -2.21. The molecule has 22 heavy (non-hydrogen) atoms. The Bertz CT molecular complexity index is 481. The summed E-state index contributed by atoms with van der Waals surface area (Å²) in [6, 6.07) is 5.62. The second-order valence-corrected chi connectivity index (χ2v) is 6.00. The third-order valence-corrected chi connectivity index (χ3v) is 4.47. The van der Waals surface area contributed by atoms with E-state index in [-0.39, 0.29) is 5.91 Å². The van der Waals surface area contributed by atoms with Crippen LogP contribution in [0.25, 0.3) is 0 Å². The molecule has 4 heteroatoms. The fourth-order valence-electron chi connectivity index (χ4n) is 3.11. The van der Waals surface area contributed by atoms with Gasteiger partial charge in [0, 0.05) is 18.5 Å². The molecular weight excluding hydrogens is 278 g/mol. The molecule has 0 aliphatic heterocycles.